The molecule has 0 heterocycles. The summed E-state index contributed by atoms with van der Waals surface area (Å²) in [5, 5.41) is 0. The molecule has 1 saturated carbocycles. The third-order valence-electron chi connectivity index (χ3n) is 5.56. The molecule has 1 aliphatic rings. The van der Waals surface area contributed by atoms with Gasteiger partial charge in [0.1, 0.15) is 17.4 Å². The number of ether oxygens (including phenoxy) is 1. The van der Waals surface area contributed by atoms with Crippen LogP contribution in [0.1, 0.15) is 56.5 Å². The Balaban J connectivity index is 1.88. The monoisotopic (exact) mass is 416 g/mol. The molecular weight excluding hydrogens is 387 g/mol. The van der Waals surface area contributed by atoms with Gasteiger partial charge in [0.15, 0.2) is 0 Å². The van der Waals surface area contributed by atoms with Crippen LogP contribution in [0.25, 0.3) is 11.1 Å². The Morgan fingerprint density at radius 1 is 0.966 bits per heavy atom. The average molecular weight is 416 g/mol. The van der Waals surface area contributed by atoms with Gasteiger partial charge in [0.05, 0.1) is 11.0 Å². The Morgan fingerprint density at radius 2 is 1.52 bits per heavy atom. The molecule has 0 amide bonds. The van der Waals surface area contributed by atoms with E-state index in [9.17, 15) is 22.0 Å². The molecule has 0 aromatic heterocycles. The van der Waals surface area contributed by atoms with Crippen LogP contribution in [0.4, 0.5) is 22.0 Å². The molecule has 1 aliphatic carbocycles. The van der Waals surface area contributed by atoms with E-state index in [1.807, 2.05) is 0 Å². The molecule has 158 valence electrons. The molecule has 2 aromatic carbocycles. The lowest BCUT2D eigenvalue weighted by Gasteiger charge is -2.27. The minimum atomic E-state index is -5.25. The molecule has 0 N–H and O–H groups in total. The fourth-order valence-electron chi connectivity index (χ4n) is 3.90. The fourth-order valence-corrected chi connectivity index (χ4v) is 3.90. The van der Waals surface area contributed by atoms with Gasteiger partial charge in [-0.15, -0.1) is 13.2 Å². The molecule has 6 heteroatoms. The highest BCUT2D eigenvalue weighted by Crippen LogP contribution is 2.34. The number of aryl methyl sites for hydroxylation is 1. The molecule has 0 bridgehead atoms. The van der Waals surface area contributed by atoms with Crippen molar-refractivity contribution in [2.24, 2.45) is 11.8 Å². The first-order chi connectivity index (χ1) is 15.4. The summed E-state index contributed by atoms with van der Waals surface area (Å²) in [5.74, 6) is -2.31. The van der Waals surface area contributed by atoms with Crippen LogP contribution in [0, 0.1) is 23.5 Å². The lowest BCUT2D eigenvalue weighted by atomic mass is 9.78. The maximum absolute atomic E-state index is 14.9. The third-order valence-corrected chi connectivity index (χ3v) is 5.56. The van der Waals surface area contributed by atoms with Crippen molar-refractivity contribution in [3.63, 3.8) is 0 Å². The normalized spacial score (nSPS) is 21.9. The second-order valence-corrected chi connectivity index (χ2v) is 7.52. The van der Waals surface area contributed by atoms with E-state index in [4.69, 9.17) is 5.48 Å². The first kappa shape index (κ1) is 16.7. The quantitative estimate of drug-likeness (QED) is 0.439. The molecule has 3 rings (SSSR count). The topological polar surface area (TPSA) is 9.23 Å². The van der Waals surface area contributed by atoms with E-state index < -0.39 is 59.0 Å². The van der Waals surface area contributed by atoms with E-state index in [0.29, 0.717) is 17.9 Å². The highest BCUT2D eigenvalue weighted by molar-refractivity contribution is 5.66. The molecule has 29 heavy (non-hydrogen) atoms. The zero-order valence-corrected chi connectivity index (χ0v) is 16.1. The fraction of sp³-hybridized carbons (Fsp3) is 0.478. The van der Waals surface area contributed by atoms with Gasteiger partial charge in [0.25, 0.3) is 0 Å². The number of hydrogen-bond donors (Lipinski definition) is 0. The minimum absolute atomic E-state index is 0.402. The minimum Gasteiger partial charge on any atom is -0.406 e. The molecule has 0 saturated heterocycles. The predicted molar refractivity (Wildman–Crippen MR) is 103 cm³/mol. The van der Waals surface area contributed by atoms with Crippen LogP contribution >= 0.6 is 0 Å². The smallest absolute Gasteiger partial charge is 0.406 e. The summed E-state index contributed by atoms with van der Waals surface area (Å²) in [4.78, 5) is 0. The summed E-state index contributed by atoms with van der Waals surface area (Å²) < 4.78 is 102. The molecule has 0 radical (unpaired) electrons. The van der Waals surface area contributed by atoms with Crippen molar-refractivity contribution < 1.29 is 32.2 Å². The van der Waals surface area contributed by atoms with E-state index in [2.05, 4.69) is 11.7 Å². The van der Waals surface area contributed by atoms with Gasteiger partial charge in [-0.05, 0) is 60.0 Å². The van der Waals surface area contributed by atoms with Crippen LogP contribution in [0.2, 0.25) is 0 Å². The number of halogens is 5. The highest BCUT2D eigenvalue weighted by atomic mass is 19.4. The van der Waals surface area contributed by atoms with Crippen LogP contribution in [-0.4, -0.2) is 6.36 Å². The van der Waals surface area contributed by atoms with Crippen LogP contribution in [-0.2, 0) is 6.42 Å². The van der Waals surface area contributed by atoms with Crippen LogP contribution in [0.3, 0.4) is 0 Å². The van der Waals surface area contributed by atoms with Crippen molar-refractivity contribution in [1.29, 1.82) is 0 Å². The Hall–Kier alpha value is -2.11. The molecule has 1 nitrogen and oxygen atoms in total. The van der Waals surface area contributed by atoms with E-state index in [1.165, 1.54) is 0 Å². The van der Waals surface area contributed by atoms with Crippen molar-refractivity contribution in [2.45, 2.75) is 58.2 Å². The van der Waals surface area contributed by atoms with Crippen LogP contribution in [0.15, 0.2) is 36.3 Å². The lowest BCUT2D eigenvalue weighted by molar-refractivity contribution is -0.274. The van der Waals surface area contributed by atoms with Crippen molar-refractivity contribution >= 4 is 0 Å². The second-order valence-electron chi connectivity index (χ2n) is 7.52. The number of alkyl halides is 3. The van der Waals surface area contributed by atoms with Gasteiger partial charge >= 0.3 is 6.36 Å². The summed E-state index contributed by atoms with van der Waals surface area (Å²) in [6.07, 6.45) is 1.60. The van der Waals surface area contributed by atoms with Gasteiger partial charge < -0.3 is 4.74 Å². The first-order valence-corrected chi connectivity index (χ1v) is 9.77. The van der Waals surface area contributed by atoms with Gasteiger partial charge in [0, 0.05) is 0 Å². The summed E-state index contributed by atoms with van der Waals surface area (Å²) >= 11 is 0. The molecular formula is C23H25F5O. The number of benzene rings is 2. The largest absolute Gasteiger partial charge is 0.573 e. The van der Waals surface area contributed by atoms with E-state index >= 15 is 0 Å². The molecule has 0 aliphatic heterocycles. The SMILES string of the molecule is [2H]c1c([2H])c(-c2c(F)cc(CCC3CCC(CC)CC3)cc2F)c([2H])c([2H])c1OC(F)(F)F. The summed E-state index contributed by atoms with van der Waals surface area (Å²) in [7, 11) is 0. The van der Waals surface area contributed by atoms with Crippen molar-refractivity contribution in [3.8, 4) is 16.9 Å². The Kier molecular flexibility index (Phi) is 5.25. The molecule has 1 fully saturated rings. The van der Waals surface area contributed by atoms with E-state index in [-0.39, 0.29) is 0 Å². The standard InChI is InChI=1S/C23H25F5O/c1-2-15-3-5-16(6-4-15)7-8-17-13-20(24)22(21(25)14-17)18-9-11-19(12-10-18)29-23(26,27)28/h9-16H,2-8H2,1H3/i9D,10D,11D,12D. The highest BCUT2D eigenvalue weighted by Gasteiger charge is 2.31. The van der Waals surface area contributed by atoms with Gasteiger partial charge in [-0.3, -0.25) is 0 Å². The predicted octanol–water partition coefficient (Wildman–Crippen LogP) is 7.68. The third kappa shape index (κ3) is 5.94. The lowest BCUT2D eigenvalue weighted by Crippen LogP contribution is -2.16. The summed E-state index contributed by atoms with van der Waals surface area (Å²) in [6.45, 7) is 2.17. The van der Waals surface area contributed by atoms with E-state index in [0.717, 1.165) is 56.6 Å². The maximum atomic E-state index is 14.9. The second kappa shape index (κ2) is 9.14. The zero-order chi connectivity index (χ0) is 24.5. The zero-order valence-electron chi connectivity index (χ0n) is 20.1. The van der Waals surface area contributed by atoms with Crippen LogP contribution in [0.5, 0.6) is 5.75 Å². The van der Waals surface area contributed by atoms with Crippen molar-refractivity contribution in [1.82, 2.24) is 0 Å². The van der Waals surface area contributed by atoms with Gasteiger partial charge in [-0.25, -0.2) is 8.78 Å². The molecule has 0 atom stereocenters. The maximum Gasteiger partial charge on any atom is 0.573 e. The Bertz CT molecular complexity index is 965. The molecule has 2 aromatic rings. The number of hydrogen-bond acceptors (Lipinski definition) is 1. The van der Waals surface area contributed by atoms with Gasteiger partial charge in [-0.1, -0.05) is 51.1 Å². The Morgan fingerprint density at radius 3 is 2.03 bits per heavy atom. The summed E-state index contributed by atoms with van der Waals surface area (Å²) in [5.41, 5.74) is -1.16. The van der Waals surface area contributed by atoms with Crippen molar-refractivity contribution in [3.05, 3.63) is 53.5 Å². The summed E-state index contributed by atoms with van der Waals surface area (Å²) in [6, 6.07) is -2.21. The van der Waals surface area contributed by atoms with Crippen molar-refractivity contribution in [2.75, 3.05) is 0 Å². The average Bonchev–Trinajstić information content (AvgIpc) is 2.75. The van der Waals surface area contributed by atoms with Crippen LogP contribution < -0.4 is 4.74 Å². The van der Waals surface area contributed by atoms with Gasteiger partial charge in [-0.2, -0.15) is 0 Å². The Labute approximate surface area is 173 Å². The number of rotatable bonds is 6. The molecule has 0 spiro atoms. The molecule has 0 unspecified atom stereocenters. The first-order valence-electron chi connectivity index (χ1n) is 11.8. The van der Waals surface area contributed by atoms with Gasteiger partial charge in [0.2, 0.25) is 0 Å². The van der Waals surface area contributed by atoms with E-state index in [1.54, 1.807) is 0 Å².